The fourth-order valence-electron chi connectivity index (χ4n) is 3.06. The highest BCUT2D eigenvalue weighted by atomic mass is 16.5. The van der Waals surface area contributed by atoms with Gasteiger partial charge in [-0.05, 0) is 23.8 Å². The van der Waals surface area contributed by atoms with Crippen molar-refractivity contribution in [1.29, 1.82) is 0 Å². The number of carbonyl (C=O) groups excluding carboxylic acids is 2. The molecule has 1 N–H and O–H groups in total. The highest BCUT2D eigenvalue weighted by Gasteiger charge is 2.22. The van der Waals surface area contributed by atoms with Crippen LogP contribution in [0.1, 0.15) is 5.56 Å². The number of carbonyl (C=O) groups is 2. The molecule has 0 unspecified atom stereocenters. The van der Waals surface area contributed by atoms with Crippen molar-refractivity contribution in [1.82, 2.24) is 15.1 Å². The third-order valence-electron chi connectivity index (χ3n) is 4.63. The Morgan fingerprint density at radius 2 is 1.81 bits per heavy atom. The molecule has 1 amide bonds. The first-order chi connectivity index (χ1) is 15.0. The number of nitrogens with zero attached hydrogens (tertiary/aromatic N) is 2. The molecule has 0 saturated carbocycles. The van der Waals surface area contributed by atoms with E-state index in [1.807, 2.05) is 42.5 Å². The molecule has 0 aliphatic carbocycles. The lowest BCUT2D eigenvalue weighted by molar-refractivity contribution is -0.145. The van der Waals surface area contributed by atoms with Crippen LogP contribution in [0.2, 0.25) is 0 Å². The molecule has 160 valence electrons. The molecule has 0 bridgehead atoms. The minimum atomic E-state index is -0.878. The van der Waals surface area contributed by atoms with Gasteiger partial charge >= 0.3 is 5.97 Å². The van der Waals surface area contributed by atoms with Gasteiger partial charge in [-0.2, -0.15) is 5.10 Å². The van der Waals surface area contributed by atoms with Crippen LogP contribution in [0, 0.1) is 0 Å². The van der Waals surface area contributed by atoms with Gasteiger partial charge in [-0.1, -0.05) is 42.5 Å². The Morgan fingerprint density at radius 1 is 1.03 bits per heavy atom. The fraction of sp³-hybridized carbons (Fsp3) is 0.217. The Labute approximate surface area is 179 Å². The summed E-state index contributed by atoms with van der Waals surface area (Å²) in [5.74, 6) is -0.442. The molecular weight excluding hydrogens is 398 g/mol. The molecule has 0 aliphatic heterocycles. The van der Waals surface area contributed by atoms with E-state index in [4.69, 9.17) is 9.47 Å². The zero-order chi connectivity index (χ0) is 22.2. The van der Waals surface area contributed by atoms with Gasteiger partial charge in [0.25, 0.3) is 5.56 Å². The molecule has 0 fully saturated rings. The summed E-state index contributed by atoms with van der Waals surface area (Å²) in [5, 5.41) is 6.92. The molecule has 2 aromatic carbocycles. The number of aromatic nitrogens is 2. The molecule has 0 aliphatic rings. The molecule has 1 heterocycles. The summed E-state index contributed by atoms with van der Waals surface area (Å²) >= 11 is 0. The van der Waals surface area contributed by atoms with Crippen molar-refractivity contribution in [2.24, 2.45) is 0 Å². The van der Waals surface area contributed by atoms with Crippen LogP contribution in [-0.4, -0.2) is 41.9 Å². The lowest BCUT2D eigenvalue weighted by Crippen LogP contribution is -2.45. The maximum atomic E-state index is 12.6. The van der Waals surface area contributed by atoms with Gasteiger partial charge in [-0.25, -0.2) is 9.48 Å². The van der Waals surface area contributed by atoms with E-state index in [0.717, 1.165) is 15.8 Å². The zero-order valence-corrected chi connectivity index (χ0v) is 17.3. The first-order valence-electron chi connectivity index (χ1n) is 9.64. The van der Waals surface area contributed by atoms with Crippen LogP contribution in [0.15, 0.2) is 71.5 Å². The molecule has 0 saturated heterocycles. The smallest absolute Gasteiger partial charge is 0.328 e. The van der Waals surface area contributed by atoms with Gasteiger partial charge in [0.15, 0.2) is 0 Å². The normalized spacial score (nSPS) is 11.4. The molecule has 31 heavy (non-hydrogen) atoms. The topological polar surface area (TPSA) is 99.5 Å². The average Bonchev–Trinajstić information content (AvgIpc) is 2.80. The number of esters is 1. The molecule has 8 heteroatoms. The summed E-state index contributed by atoms with van der Waals surface area (Å²) in [6.07, 6.45) is 0.269. The number of amides is 1. The van der Waals surface area contributed by atoms with E-state index < -0.39 is 23.5 Å². The summed E-state index contributed by atoms with van der Waals surface area (Å²) in [6.45, 7) is -0.334. The predicted molar refractivity (Wildman–Crippen MR) is 115 cm³/mol. The lowest BCUT2D eigenvalue weighted by atomic mass is 10.1. The summed E-state index contributed by atoms with van der Waals surface area (Å²) < 4.78 is 11.1. The quantitative estimate of drug-likeness (QED) is 0.557. The second-order valence-electron chi connectivity index (χ2n) is 6.78. The highest BCUT2D eigenvalue weighted by Crippen LogP contribution is 2.21. The summed E-state index contributed by atoms with van der Waals surface area (Å²) in [6, 6.07) is 18.5. The van der Waals surface area contributed by atoms with Gasteiger partial charge in [0.2, 0.25) is 5.91 Å². The van der Waals surface area contributed by atoms with E-state index in [2.05, 4.69) is 10.4 Å². The minimum Gasteiger partial charge on any atom is -0.497 e. The van der Waals surface area contributed by atoms with Crippen molar-refractivity contribution in [3.8, 4) is 17.0 Å². The van der Waals surface area contributed by atoms with E-state index in [9.17, 15) is 14.4 Å². The fourth-order valence-corrected chi connectivity index (χ4v) is 3.06. The number of hydrogen-bond donors (Lipinski definition) is 1. The molecule has 3 rings (SSSR count). The monoisotopic (exact) mass is 421 g/mol. The number of ether oxygens (including phenoxy) is 2. The molecule has 0 radical (unpaired) electrons. The first-order valence-corrected chi connectivity index (χ1v) is 9.64. The maximum Gasteiger partial charge on any atom is 0.328 e. The number of nitrogens with one attached hydrogen (secondary N) is 1. The second kappa shape index (κ2) is 10.2. The van der Waals surface area contributed by atoms with E-state index in [1.54, 1.807) is 25.3 Å². The first kappa shape index (κ1) is 21.8. The van der Waals surface area contributed by atoms with E-state index >= 15 is 0 Å². The van der Waals surface area contributed by atoms with Crippen molar-refractivity contribution in [3.63, 3.8) is 0 Å². The standard InChI is InChI=1S/C23H23N3O5/c1-30-18-10-6-9-17(14-18)19-11-12-22(28)26(25-19)15-21(27)24-20(23(29)31-2)13-16-7-4-3-5-8-16/h3-12,14,20H,13,15H2,1-2H3,(H,24,27)/t20-/m1/s1. The Hall–Kier alpha value is -3.94. The Morgan fingerprint density at radius 3 is 2.52 bits per heavy atom. The molecular formula is C23H23N3O5. The van der Waals surface area contributed by atoms with Crippen LogP contribution >= 0.6 is 0 Å². The van der Waals surface area contributed by atoms with Crippen molar-refractivity contribution in [2.75, 3.05) is 14.2 Å². The molecule has 1 aromatic heterocycles. The van der Waals surface area contributed by atoms with E-state index in [-0.39, 0.29) is 13.0 Å². The third kappa shape index (κ3) is 5.79. The van der Waals surface area contributed by atoms with Gasteiger partial charge in [0, 0.05) is 18.1 Å². The summed E-state index contributed by atoms with van der Waals surface area (Å²) in [4.78, 5) is 37.0. The predicted octanol–water partition coefficient (Wildman–Crippen LogP) is 1.82. The number of benzene rings is 2. The van der Waals surface area contributed by atoms with Crippen LogP contribution in [-0.2, 0) is 27.3 Å². The Balaban J connectivity index is 1.76. The van der Waals surface area contributed by atoms with Gasteiger partial charge in [-0.3, -0.25) is 9.59 Å². The van der Waals surface area contributed by atoms with Crippen LogP contribution in [0.4, 0.5) is 0 Å². The number of methoxy groups -OCH3 is 2. The summed E-state index contributed by atoms with van der Waals surface area (Å²) in [7, 11) is 2.82. The van der Waals surface area contributed by atoms with E-state index in [1.165, 1.54) is 13.2 Å². The third-order valence-corrected chi connectivity index (χ3v) is 4.63. The highest BCUT2D eigenvalue weighted by molar-refractivity contribution is 5.84. The van der Waals surface area contributed by atoms with Gasteiger partial charge < -0.3 is 14.8 Å². The minimum absolute atomic E-state index is 0.269. The Bertz CT molecular complexity index is 1110. The zero-order valence-electron chi connectivity index (χ0n) is 17.3. The van der Waals surface area contributed by atoms with Crippen LogP contribution < -0.4 is 15.6 Å². The molecule has 3 aromatic rings. The average molecular weight is 421 g/mol. The van der Waals surface area contributed by atoms with Crippen LogP contribution in [0.3, 0.4) is 0 Å². The largest absolute Gasteiger partial charge is 0.497 e. The van der Waals surface area contributed by atoms with Crippen molar-refractivity contribution < 1.29 is 19.1 Å². The van der Waals surface area contributed by atoms with Crippen molar-refractivity contribution in [3.05, 3.63) is 82.6 Å². The van der Waals surface area contributed by atoms with Crippen molar-refractivity contribution in [2.45, 2.75) is 19.0 Å². The van der Waals surface area contributed by atoms with Crippen LogP contribution in [0.5, 0.6) is 5.75 Å². The number of rotatable bonds is 8. The SMILES string of the molecule is COC(=O)[C@@H](Cc1ccccc1)NC(=O)Cn1nc(-c2cccc(OC)c2)ccc1=O. The molecule has 0 spiro atoms. The van der Waals surface area contributed by atoms with Gasteiger partial charge in [0.05, 0.1) is 19.9 Å². The van der Waals surface area contributed by atoms with Gasteiger partial charge in [0.1, 0.15) is 18.3 Å². The maximum absolute atomic E-state index is 12.6. The second-order valence-corrected chi connectivity index (χ2v) is 6.78. The Kier molecular flexibility index (Phi) is 7.16. The molecule has 8 nitrogen and oxygen atoms in total. The van der Waals surface area contributed by atoms with Crippen molar-refractivity contribution >= 4 is 11.9 Å². The lowest BCUT2D eigenvalue weighted by Gasteiger charge is -2.17. The van der Waals surface area contributed by atoms with Gasteiger partial charge in [-0.15, -0.1) is 0 Å². The number of hydrogen-bond acceptors (Lipinski definition) is 6. The molecule has 1 atom stereocenters. The van der Waals surface area contributed by atoms with Crippen LogP contribution in [0.25, 0.3) is 11.3 Å². The summed E-state index contributed by atoms with van der Waals surface area (Å²) in [5.41, 5.74) is 1.69. The van der Waals surface area contributed by atoms with E-state index in [0.29, 0.717) is 11.4 Å².